The maximum Gasteiger partial charge on any atom is 0.264 e. The van der Waals surface area contributed by atoms with Crippen molar-refractivity contribution in [3.63, 3.8) is 0 Å². The van der Waals surface area contributed by atoms with E-state index < -0.39 is 15.9 Å². The number of nitrogens with zero attached hydrogens (tertiary/aromatic N) is 2. The van der Waals surface area contributed by atoms with Crippen LogP contribution in [-0.4, -0.2) is 25.4 Å². The molecule has 0 atom stereocenters. The van der Waals surface area contributed by atoms with Crippen molar-refractivity contribution in [2.45, 2.75) is 18.4 Å². The molecule has 0 saturated carbocycles. The van der Waals surface area contributed by atoms with Gasteiger partial charge in [-0.05, 0) is 37.3 Å². The van der Waals surface area contributed by atoms with E-state index in [9.17, 15) is 13.2 Å². The van der Waals surface area contributed by atoms with Crippen LogP contribution in [0, 0.1) is 5.41 Å². The van der Waals surface area contributed by atoms with E-state index in [1.807, 2.05) is 6.07 Å². The fraction of sp³-hybridized carbons (Fsp3) is 0.158. The second kappa shape index (κ2) is 8.81. The van der Waals surface area contributed by atoms with Gasteiger partial charge < -0.3 is 9.88 Å². The van der Waals surface area contributed by atoms with Gasteiger partial charge in [0.05, 0.1) is 21.3 Å². The lowest BCUT2D eigenvalue weighted by atomic mass is 10.3. The number of nitrogens with one attached hydrogen (secondary N) is 2. The number of amides is 1. The molecule has 10 heteroatoms. The molecule has 2 N–H and O–H groups in total. The van der Waals surface area contributed by atoms with Gasteiger partial charge in [0, 0.05) is 18.1 Å². The number of carbonyl (C=O) groups is 1. The molecule has 0 aliphatic rings. The second-order valence-electron chi connectivity index (χ2n) is 6.03. The predicted molar refractivity (Wildman–Crippen MR) is 115 cm³/mol. The average molecular weight is 451 g/mol. The molecule has 3 rings (SSSR count). The zero-order valence-electron chi connectivity index (χ0n) is 15.5. The van der Waals surface area contributed by atoms with Gasteiger partial charge in [-0.15, -0.1) is 11.3 Å². The Morgan fingerprint density at radius 2 is 1.97 bits per heavy atom. The topological polar surface area (TPSA) is 95.3 Å². The summed E-state index contributed by atoms with van der Waals surface area (Å²) in [5, 5.41) is 12.3. The Morgan fingerprint density at radius 1 is 1.24 bits per heavy atom. The van der Waals surface area contributed by atoms with E-state index in [1.165, 1.54) is 38.4 Å². The number of para-hydroxylation sites is 1. The fourth-order valence-electron chi connectivity index (χ4n) is 2.75. The van der Waals surface area contributed by atoms with Crippen molar-refractivity contribution < 1.29 is 13.2 Å². The number of rotatable bonds is 7. The quantitative estimate of drug-likeness (QED) is 0.576. The molecule has 0 fully saturated rings. The van der Waals surface area contributed by atoms with Crippen molar-refractivity contribution in [3.8, 4) is 0 Å². The monoisotopic (exact) mass is 450 g/mol. The molecule has 0 spiro atoms. The molecule has 7 nitrogen and oxygen atoms in total. The second-order valence-corrected chi connectivity index (χ2v) is 9.20. The van der Waals surface area contributed by atoms with Gasteiger partial charge in [-0.2, -0.15) is 0 Å². The minimum Gasteiger partial charge on any atom is -0.323 e. The van der Waals surface area contributed by atoms with Crippen LogP contribution in [0.15, 0.2) is 65.0 Å². The van der Waals surface area contributed by atoms with Gasteiger partial charge in [0.2, 0.25) is 5.91 Å². The highest BCUT2D eigenvalue weighted by Gasteiger charge is 2.24. The Morgan fingerprint density at radius 3 is 2.59 bits per heavy atom. The summed E-state index contributed by atoms with van der Waals surface area (Å²) in [7, 11) is -3.85. The first-order valence-corrected chi connectivity index (χ1v) is 11.4. The molecule has 1 aromatic heterocycles. The van der Waals surface area contributed by atoms with Gasteiger partial charge >= 0.3 is 0 Å². The number of benzene rings is 2. The third-order valence-corrected chi connectivity index (χ3v) is 7.07. The number of carbonyl (C=O) groups excluding carboxylic acids is 1. The standard InChI is InChI=1S/C19H19ClN4O3S2/c1-2-24(14-6-4-3-5-7-14)29(26,27)15-8-9-16(20)17(12-15)22-18(25)13-23-10-11-28-19(23)21/h3-12,21H,2,13H2,1H3,(H,22,25). The van der Waals surface area contributed by atoms with Gasteiger partial charge in [-0.25, -0.2) is 8.42 Å². The van der Waals surface area contributed by atoms with Gasteiger partial charge in [0.1, 0.15) is 6.54 Å². The van der Waals surface area contributed by atoms with Crippen LogP contribution in [0.3, 0.4) is 0 Å². The molecule has 3 aromatic rings. The lowest BCUT2D eigenvalue weighted by molar-refractivity contribution is -0.116. The van der Waals surface area contributed by atoms with E-state index in [-0.39, 0.29) is 33.5 Å². The van der Waals surface area contributed by atoms with Crippen molar-refractivity contribution in [2.75, 3.05) is 16.2 Å². The maximum absolute atomic E-state index is 13.2. The summed E-state index contributed by atoms with van der Waals surface area (Å²) in [6.07, 6.45) is 1.63. The van der Waals surface area contributed by atoms with Crippen LogP contribution >= 0.6 is 22.9 Å². The molecule has 0 saturated heterocycles. The number of hydrogen-bond donors (Lipinski definition) is 2. The predicted octanol–water partition coefficient (Wildman–Crippen LogP) is 3.54. The molecule has 1 heterocycles. The van der Waals surface area contributed by atoms with E-state index in [2.05, 4.69) is 5.32 Å². The highest BCUT2D eigenvalue weighted by atomic mass is 35.5. The molecule has 2 aromatic carbocycles. The molecule has 0 bridgehead atoms. The Kier molecular flexibility index (Phi) is 6.41. The van der Waals surface area contributed by atoms with Crippen molar-refractivity contribution >= 4 is 50.2 Å². The Hall–Kier alpha value is -2.62. The Balaban J connectivity index is 1.88. The molecule has 0 aliphatic carbocycles. The smallest absolute Gasteiger partial charge is 0.264 e. The molecule has 0 radical (unpaired) electrons. The molecule has 29 heavy (non-hydrogen) atoms. The highest BCUT2D eigenvalue weighted by Crippen LogP contribution is 2.29. The van der Waals surface area contributed by atoms with Crippen LogP contribution in [0.2, 0.25) is 5.02 Å². The number of sulfonamides is 1. The number of halogens is 1. The van der Waals surface area contributed by atoms with Crippen LogP contribution in [0.1, 0.15) is 6.92 Å². The summed E-state index contributed by atoms with van der Waals surface area (Å²) in [6, 6.07) is 13.0. The van der Waals surface area contributed by atoms with Crippen LogP contribution in [-0.2, 0) is 21.4 Å². The average Bonchev–Trinajstić information content (AvgIpc) is 3.09. The summed E-state index contributed by atoms with van der Waals surface area (Å²) in [5.41, 5.74) is 0.747. The highest BCUT2D eigenvalue weighted by molar-refractivity contribution is 7.92. The number of aromatic nitrogens is 1. The first kappa shape index (κ1) is 21.1. The van der Waals surface area contributed by atoms with E-state index >= 15 is 0 Å². The first-order chi connectivity index (χ1) is 13.8. The minimum atomic E-state index is -3.85. The number of hydrogen-bond acceptors (Lipinski definition) is 5. The van der Waals surface area contributed by atoms with Crippen LogP contribution < -0.4 is 14.4 Å². The van der Waals surface area contributed by atoms with Crippen molar-refractivity contribution in [1.29, 1.82) is 5.41 Å². The third-order valence-electron chi connectivity index (χ3n) is 4.13. The SMILES string of the molecule is CCN(c1ccccc1)S(=O)(=O)c1ccc(Cl)c(NC(=O)Cn2ccsc2=N)c1. The summed E-state index contributed by atoms with van der Waals surface area (Å²) in [4.78, 5) is 12.6. The van der Waals surface area contributed by atoms with E-state index in [0.29, 0.717) is 5.69 Å². The normalized spacial score (nSPS) is 11.2. The Labute approximate surface area is 177 Å². The molecule has 0 unspecified atom stereocenters. The van der Waals surface area contributed by atoms with Crippen molar-refractivity contribution in [3.05, 3.63) is 69.9 Å². The largest absolute Gasteiger partial charge is 0.323 e. The van der Waals surface area contributed by atoms with Gasteiger partial charge in [-0.3, -0.25) is 14.5 Å². The zero-order chi connectivity index (χ0) is 21.0. The molecule has 0 aliphatic heterocycles. The maximum atomic E-state index is 13.2. The Bertz CT molecular complexity index is 1170. The lowest BCUT2D eigenvalue weighted by Gasteiger charge is -2.23. The van der Waals surface area contributed by atoms with Crippen molar-refractivity contribution in [1.82, 2.24) is 4.57 Å². The molecule has 1 amide bonds. The third kappa shape index (κ3) is 4.69. The van der Waals surface area contributed by atoms with Gasteiger partial charge in [-0.1, -0.05) is 29.8 Å². The number of thiazole rings is 1. The van der Waals surface area contributed by atoms with E-state index in [1.54, 1.807) is 42.8 Å². The van der Waals surface area contributed by atoms with E-state index in [0.717, 1.165) is 0 Å². The minimum absolute atomic E-state index is 0.0206. The van der Waals surface area contributed by atoms with E-state index in [4.69, 9.17) is 17.0 Å². The number of anilines is 2. The van der Waals surface area contributed by atoms with Crippen LogP contribution in [0.4, 0.5) is 11.4 Å². The zero-order valence-corrected chi connectivity index (χ0v) is 17.9. The summed E-state index contributed by atoms with van der Waals surface area (Å²) in [5.74, 6) is -0.409. The summed E-state index contributed by atoms with van der Waals surface area (Å²) >= 11 is 7.37. The fourth-order valence-corrected chi connectivity index (χ4v) is 5.01. The summed E-state index contributed by atoms with van der Waals surface area (Å²) in [6.45, 7) is 1.93. The molecular weight excluding hydrogens is 432 g/mol. The summed E-state index contributed by atoms with van der Waals surface area (Å²) < 4.78 is 29.1. The lowest BCUT2D eigenvalue weighted by Crippen LogP contribution is -2.31. The first-order valence-electron chi connectivity index (χ1n) is 8.68. The molecular formula is C19H19ClN4O3S2. The van der Waals surface area contributed by atoms with Gasteiger partial charge in [0.15, 0.2) is 4.80 Å². The van der Waals surface area contributed by atoms with Crippen molar-refractivity contribution in [2.24, 2.45) is 0 Å². The van der Waals surface area contributed by atoms with Crippen LogP contribution in [0.5, 0.6) is 0 Å². The van der Waals surface area contributed by atoms with Gasteiger partial charge in [0.25, 0.3) is 10.0 Å². The molecule has 152 valence electrons. The van der Waals surface area contributed by atoms with Crippen LogP contribution in [0.25, 0.3) is 0 Å².